The number of benzene rings is 2. The van der Waals surface area contributed by atoms with Gasteiger partial charge in [0.05, 0.1) is 0 Å². The lowest BCUT2D eigenvalue weighted by Crippen LogP contribution is -2.62. The molecule has 0 saturated heterocycles. The van der Waals surface area contributed by atoms with E-state index in [1.54, 1.807) is 6.92 Å². The second-order valence-corrected chi connectivity index (χ2v) is 10.1. The molecule has 0 aromatic heterocycles. The molecule has 0 fully saturated rings. The lowest BCUT2D eigenvalue weighted by Gasteiger charge is -2.33. The number of aryl methyl sites for hydroxylation is 1. The van der Waals surface area contributed by atoms with Crippen LogP contribution in [0.4, 0.5) is 0 Å². The maximum absolute atomic E-state index is 13.5. The Balaban J connectivity index is 2.17. The van der Waals surface area contributed by atoms with E-state index in [4.69, 9.17) is 0 Å². The third-order valence-electron chi connectivity index (χ3n) is 6.97. The molecule has 3 atom stereocenters. The fourth-order valence-electron chi connectivity index (χ4n) is 4.31. The number of rotatable bonds is 14. The van der Waals surface area contributed by atoms with Gasteiger partial charge in [0.2, 0.25) is 17.7 Å². The van der Waals surface area contributed by atoms with Crippen LogP contribution in [0.15, 0.2) is 60.7 Å². The minimum Gasteiger partial charge on any atom is -0.354 e. The lowest BCUT2D eigenvalue weighted by molar-refractivity contribution is -0.137. The van der Waals surface area contributed by atoms with Gasteiger partial charge < -0.3 is 16.0 Å². The van der Waals surface area contributed by atoms with Crippen LogP contribution < -0.4 is 16.0 Å². The fraction of sp³-hybridized carbons (Fsp3) is 0.500. The first-order chi connectivity index (χ1) is 17.2. The average Bonchev–Trinajstić information content (AvgIpc) is 2.88. The van der Waals surface area contributed by atoms with Gasteiger partial charge in [-0.3, -0.25) is 14.4 Å². The minimum atomic E-state index is -1.15. The summed E-state index contributed by atoms with van der Waals surface area (Å²) < 4.78 is 0. The summed E-state index contributed by atoms with van der Waals surface area (Å²) in [6.07, 6.45) is 3.70. The first-order valence-electron chi connectivity index (χ1n) is 13.2. The largest absolute Gasteiger partial charge is 0.354 e. The van der Waals surface area contributed by atoms with E-state index in [-0.39, 0.29) is 17.7 Å². The Morgan fingerprint density at radius 2 is 1.42 bits per heavy atom. The summed E-state index contributed by atoms with van der Waals surface area (Å²) in [5.74, 6) is -0.710. The molecule has 0 bridgehead atoms. The highest BCUT2D eigenvalue weighted by Crippen LogP contribution is 2.28. The van der Waals surface area contributed by atoms with Crippen LogP contribution in [0, 0.1) is 5.41 Å². The molecule has 0 heterocycles. The van der Waals surface area contributed by atoms with Crippen molar-refractivity contribution in [3.63, 3.8) is 0 Å². The second kappa shape index (κ2) is 13.8. The van der Waals surface area contributed by atoms with Crippen molar-refractivity contribution < 1.29 is 14.4 Å². The van der Waals surface area contributed by atoms with Gasteiger partial charge in [0, 0.05) is 18.4 Å². The highest BCUT2D eigenvalue weighted by atomic mass is 16.2. The van der Waals surface area contributed by atoms with Crippen LogP contribution in [0.3, 0.4) is 0 Å². The van der Waals surface area contributed by atoms with Gasteiger partial charge in [0.15, 0.2) is 0 Å². The molecule has 0 radical (unpaired) electrons. The van der Waals surface area contributed by atoms with Crippen molar-refractivity contribution in [1.29, 1.82) is 0 Å². The van der Waals surface area contributed by atoms with Crippen LogP contribution in [-0.2, 0) is 27.2 Å². The number of nitrogens with one attached hydrogen (secondary N) is 3. The number of likely N-dealkylation sites (N-methyl/N-ethyl adjacent to an activating group) is 1. The van der Waals surface area contributed by atoms with E-state index in [9.17, 15) is 14.4 Å². The van der Waals surface area contributed by atoms with Crippen LogP contribution in [0.1, 0.15) is 71.4 Å². The van der Waals surface area contributed by atoms with Crippen molar-refractivity contribution in [3.8, 4) is 0 Å². The Labute approximate surface area is 216 Å². The van der Waals surface area contributed by atoms with Crippen LogP contribution >= 0.6 is 0 Å². The van der Waals surface area contributed by atoms with Gasteiger partial charge in [0.1, 0.15) is 11.6 Å². The van der Waals surface area contributed by atoms with Crippen molar-refractivity contribution in [2.45, 2.75) is 84.7 Å². The average molecular weight is 494 g/mol. The predicted octanol–water partition coefficient (Wildman–Crippen LogP) is 4.57. The molecule has 2 aromatic carbocycles. The summed E-state index contributed by atoms with van der Waals surface area (Å²) in [7, 11) is 0. The minimum absolute atomic E-state index is 0.127. The molecule has 0 spiro atoms. The van der Waals surface area contributed by atoms with Crippen LogP contribution in [0.2, 0.25) is 0 Å². The lowest BCUT2D eigenvalue weighted by atomic mass is 9.80. The van der Waals surface area contributed by atoms with Gasteiger partial charge in [-0.1, -0.05) is 87.9 Å². The molecule has 3 amide bonds. The standard InChI is InChI=1S/C30H43N3O3/c1-6-15-25(32-27(35)29(4,7-2)21-20-23-16-11-9-12-17-23)26(34)33-30(5,28(36)31-8-3)22-24-18-13-10-14-19-24/h9-14,16-19,25H,6-8,15,20-22H2,1-5H3,(H,31,36)(H,32,35)(H,33,34). The van der Waals surface area contributed by atoms with Gasteiger partial charge in [-0.2, -0.15) is 0 Å². The molecule has 3 unspecified atom stereocenters. The van der Waals surface area contributed by atoms with Crippen molar-refractivity contribution in [1.82, 2.24) is 16.0 Å². The second-order valence-electron chi connectivity index (χ2n) is 10.1. The number of hydrogen-bond acceptors (Lipinski definition) is 3. The van der Waals surface area contributed by atoms with Crippen molar-refractivity contribution >= 4 is 17.7 Å². The number of carbonyl (C=O) groups excluding carboxylic acids is 3. The van der Waals surface area contributed by atoms with E-state index in [1.807, 2.05) is 76.2 Å². The molecule has 36 heavy (non-hydrogen) atoms. The number of hydrogen-bond donors (Lipinski definition) is 3. The van der Waals surface area contributed by atoms with Gasteiger partial charge in [-0.05, 0) is 50.7 Å². The van der Waals surface area contributed by atoms with E-state index < -0.39 is 17.0 Å². The predicted molar refractivity (Wildman–Crippen MR) is 145 cm³/mol. The zero-order valence-electron chi connectivity index (χ0n) is 22.5. The van der Waals surface area contributed by atoms with E-state index in [0.717, 1.165) is 18.4 Å². The highest BCUT2D eigenvalue weighted by molar-refractivity contribution is 5.95. The molecule has 0 aliphatic rings. The van der Waals surface area contributed by atoms with Crippen molar-refractivity contribution in [3.05, 3.63) is 71.8 Å². The SMILES string of the molecule is CCCC(NC(=O)C(C)(CC)CCc1ccccc1)C(=O)NC(C)(Cc1ccccc1)C(=O)NCC. The van der Waals surface area contributed by atoms with Crippen LogP contribution in [0.25, 0.3) is 0 Å². The Kier molecular flexibility index (Phi) is 11.2. The summed E-state index contributed by atoms with van der Waals surface area (Å²) in [5.41, 5.74) is 0.384. The summed E-state index contributed by atoms with van der Waals surface area (Å²) >= 11 is 0. The third kappa shape index (κ3) is 8.21. The zero-order chi connectivity index (χ0) is 26.6. The number of amides is 3. The molecule has 0 saturated carbocycles. The highest BCUT2D eigenvalue weighted by Gasteiger charge is 2.38. The first-order valence-corrected chi connectivity index (χ1v) is 13.2. The maximum Gasteiger partial charge on any atom is 0.245 e. The molecule has 0 aliphatic heterocycles. The third-order valence-corrected chi connectivity index (χ3v) is 6.97. The Morgan fingerprint density at radius 3 is 1.94 bits per heavy atom. The summed E-state index contributed by atoms with van der Waals surface area (Å²) in [6.45, 7) is 10.00. The van der Waals surface area contributed by atoms with Crippen LogP contribution in [0.5, 0.6) is 0 Å². The molecule has 2 aromatic rings. The molecular formula is C30H43N3O3. The Hall–Kier alpha value is -3.15. The molecule has 6 heteroatoms. The first kappa shape index (κ1) is 29.1. The van der Waals surface area contributed by atoms with Gasteiger partial charge >= 0.3 is 0 Å². The topological polar surface area (TPSA) is 87.3 Å². The van der Waals surface area contributed by atoms with Gasteiger partial charge in [-0.15, -0.1) is 0 Å². The Morgan fingerprint density at radius 1 is 0.833 bits per heavy atom. The normalized spacial score (nSPS) is 15.1. The molecule has 2 rings (SSSR count). The molecule has 196 valence electrons. The molecule has 3 N–H and O–H groups in total. The molecular weight excluding hydrogens is 450 g/mol. The fourth-order valence-corrected chi connectivity index (χ4v) is 4.31. The smallest absolute Gasteiger partial charge is 0.245 e. The summed E-state index contributed by atoms with van der Waals surface area (Å²) in [4.78, 5) is 39.9. The van der Waals surface area contributed by atoms with E-state index in [1.165, 1.54) is 5.56 Å². The summed E-state index contributed by atoms with van der Waals surface area (Å²) in [5, 5.41) is 8.85. The van der Waals surface area contributed by atoms with E-state index in [0.29, 0.717) is 32.2 Å². The molecule has 0 aliphatic carbocycles. The van der Waals surface area contributed by atoms with Crippen molar-refractivity contribution in [2.24, 2.45) is 5.41 Å². The molecule has 6 nitrogen and oxygen atoms in total. The van der Waals surface area contributed by atoms with Gasteiger partial charge in [-0.25, -0.2) is 0 Å². The monoisotopic (exact) mass is 493 g/mol. The quantitative estimate of drug-likeness (QED) is 0.360. The van der Waals surface area contributed by atoms with E-state index in [2.05, 4.69) is 28.1 Å². The number of carbonyl (C=O) groups is 3. The maximum atomic E-state index is 13.5. The van der Waals surface area contributed by atoms with E-state index >= 15 is 0 Å². The summed E-state index contributed by atoms with van der Waals surface area (Å²) in [6, 6.07) is 19.0. The van der Waals surface area contributed by atoms with Crippen LogP contribution in [-0.4, -0.2) is 35.8 Å². The zero-order valence-corrected chi connectivity index (χ0v) is 22.5. The Bertz CT molecular complexity index is 979. The van der Waals surface area contributed by atoms with Gasteiger partial charge in [0.25, 0.3) is 0 Å². The van der Waals surface area contributed by atoms with Crippen molar-refractivity contribution in [2.75, 3.05) is 6.54 Å².